The second-order valence-corrected chi connectivity index (χ2v) is 4.81. The molecule has 3 aromatic rings. The number of furan rings is 1. The average molecular weight is 288 g/mol. The number of nitrogens with zero attached hydrogens (tertiary/aromatic N) is 1. The number of benzene rings is 1. The van der Waals surface area contributed by atoms with Crippen molar-refractivity contribution >= 4 is 28.3 Å². The Morgan fingerprint density at radius 3 is 2.95 bits per heavy atom. The van der Waals surface area contributed by atoms with Crippen LogP contribution in [0.25, 0.3) is 10.8 Å². The molecule has 0 bridgehead atoms. The van der Waals surface area contributed by atoms with Crippen molar-refractivity contribution in [3.63, 3.8) is 0 Å². The number of aromatic carboxylic acids is 1. The standard InChI is InChI=1S/C15H10ClNO3/c16-12-2-1-5-17-13(12)7-9-3-4-11-10(6-9)8-20-14(11)15(18)19/h1-6,8H,7H2,(H,18,19). The summed E-state index contributed by atoms with van der Waals surface area (Å²) in [6.45, 7) is 0. The van der Waals surface area contributed by atoms with E-state index in [-0.39, 0.29) is 5.76 Å². The summed E-state index contributed by atoms with van der Waals surface area (Å²) in [5.74, 6) is -1.11. The van der Waals surface area contributed by atoms with Gasteiger partial charge in [-0.15, -0.1) is 0 Å². The molecule has 5 heteroatoms. The van der Waals surface area contributed by atoms with Gasteiger partial charge in [0.1, 0.15) is 0 Å². The fourth-order valence-corrected chi connectivity index (χ4v) is 2.31. The van der Waals surface area contributed by atoms with Crippen LogP contribution in [0.4, 0.5) is 0 Å². The van der Waals surface area contributed by atoms with Crippen molar-refractivity contribution in [1.29, 1.82) is 0 Å². The Hall–Kier alpha value is -2.33. The molecule has 3 rings (SSSR count). The van der Waals surface area contributed by atoms with Gasteiger partial charge in [-0.2, -0.15) is 0 Å². The van der Waals surface area contributed by atoms with Gasteiger partial charge >= 0.3 is 5.97 Å². The van der Waals surface area contributed by atoms with Crippen LogP contribution in [0.3, 0.4) is 0 Å². The summed E-state index contributed by atoms with van der Waals surface area (Å²) in [5.41, 5.74) is 1.78. The lowest BCUT2D eigenvalue weighted by Gasteiger charge is -2.03. The van der Waals surface area contributed by atoms with Crippen LogP contribution in [0.1, 0.15) is 21.8 Å². The van der Waals surface area contributed by atoms with Crippen LogP contribution >= 0.6 is 11.6 Å². The number of carbonyl (C=O) groups is 1. The van der Waals surface area contributed by atoms with E-state index in [1.165, 1.54) is 6.26 Å². The summed E-state index contributed by atoms with van der Waals surface area (Å²) in [7, 11) is 0. The number of carboxylic acids is 1. The Kier molecular flexibility index (Phi) is 3.16. The number of hydrogen-bond acceptors (Lipinski definition) is 3. The first-order valence-electron chi connectivity index (χ1n) is 5.98. The second-order valence-electron chi connectivity index (χ2n) is 4.40. The highest BCUT2D eigenvalue weighted by molar-refractivity contribution is 6.31. The van der Waals surface area contributed by atoms with Crippen LogP contribution in [0.15, 0.2) is 47.2 Å². The molecule has 1 N–H and O–H groups in total. The molecule has 2 heterocycles. The van der Waals surface area contributed by atoms with Gasteiger partial charge in [0.25, 0.3) is 0 Å². The fraction of sp³-hybridized carbons (Fsp3) is 0.0667. The van der Waals surface area contributed by atoms with Crippen LogP contribution < -0.4 is 0 Å². The second kappa shape index (κ2) is 4.98. The van der Waals surface area contributed by atoms with Crippen molar-refractivity contribution in [2.45, 2.75) is 6.42 Å². The molecule has 0 fully saturated rings. The van der Waals surface area contributed by atoms with Crippen molar-refractivity contribution in [2.75, 3.05) is 0 Å². The molecule has 0 aliphatic heterocycles. The minimum atomic E-state index is -1.07. The number of carboxylic acid groups (broad SMARTS) is 1. The molecule has 2 aromatic heterocycles. The molecule has 4 nitrogen and oxygen atoms in total. The van der Waals surface area contributed by atoms with Crippen LogP contribution in [0.2, 0.25) is 5.02 Å². The van der Waals surface area contributed by atoms with Gasteiger partial charge in [0.05, 0.1) is 17.0 Å². The van der Waals surface area contributed by atoms with Crippen molar-refractivity contribution in [3.8, 4) is 0 Å². The summed E-state index contributed by atoms with van der Waals surface area (Å²) in [6, 6.07) is 9.06. The first-order valence-corrected chi connectivity index (χ1v) is 6.36. The third kappa shape index (κ3) is 2.26. The van der Waals surface area contributed by atoms with Gasteiger partial charge in [0.2, 0.25) is 5.76 Å². The Labute approximate surface area is 119 Å². The molecule has 0 unspecified atom stereocenters. The highest BCUT2D eigenvalue weighted by atomic mass is 35.5. The predicted molar refractivity (Wildman–Crippen MR) is 75.2 cm³/mol. The molecule has 0 saturated heterocycles. The molecule has 1 aromatic carbocycles. The number of aromatic nitrogens is 1. The molecule has 0 amide bonds. The number of hydrogen-bond donors (Lipinski definition) is 1. The van der Waals surface area contributed by atoms with E-state index in [9.17, 15) is 4.79 Å². The topological polar surface area (TPSA) is 63.3 Å². The molecule has 100 valence electrons. The van der Waals surface area contributed by atoms with E-state index in [0.717, 1.165) is 16.6 Å². The average Bonchev–Trinajstić information content (AvgIpc) is 2.84. The first-order chi connectivity index (χ1) is 9.65. The zero-order valence-electron chi connectivity index (χ0n) is 10.3. The maximum Gasteiger partial charge on any atom is 0.372 e. The molecular formula is C15H10ClNO3. The molecule has 0 saturated carbocycles. The minimum Gasteiger partial charge on any atom is -0.475 e. The van der Waals surface area contributed by atoms with E-state index < -0.39 is 5.97 Å². The molecule has 0 atom stereocenters. The zero-order valence-corrected chi connectivity index (χ0v) is 11.1. The van der Waals surface area contributed by atoms with Gasteiger partial charge in [-0.25, -0.2) is 4.79 Å². The number of fused-ring (bicyclic) bond motifs is 1. The van der Waals surface area contributed by atoms with E-state index in [0.29, 0.717) is 16.8 Å². The van der Waals surface area contributed by atoms with Crippen LogP contribution in [0.5, 0.6) is 0 Å². The van der Waals surface area contributed by atoms with E-state index in [2.05, 4.69) is 4.98 Å². The van der Waals surface area contributed by atoms with Crippen molar-refractivity contribution in [1.82, 2.24) is 4.98 Å². The number of rotatable bonds is 3. The van der Waals surface area contributed by atoms with E-state index in [1.54, 1.807) is 24.4 Å². The molecular weight excluding hydrogens is 278 g/mol. The van der Waals surface area contributed by atoms with Gasteiger partial charge in [0.15, 0.2) is 0 Å². The number of pyridine rings is 1. The first kappa shape index (κ1) is 12.7. The summed E-state index contributed by atoms with van der Waals surface area (Å²) in [6.07, 6.45) is 3.73. The summed E-state index contributed by atoms with van der Waals surface area (Å²) < 4.78 is 5.06. The molecule has 20 heavy (non-hydrogen) atoms. The zero-order chi connectivity index (χ0) is 14.1. The normalized spacial score (nSPS) is 10.8. The van der Waals surface area contributed by atoms with Gasteiger partial charge in [0, 0.05) is 23.4 Å². The van der Waals surface area contributed by atoms with Gasteiger partial charge < -0.3 is 9.52 Å². The minimum absolute atomic E-state index is 0.0394. The Bertz CT molecular complexity index is 795. The highest BCUT2D eigenvalue weighted by Crippen LogP contribution is 2.24. The maximum absolute atomic E-state index is 11.0. The van der Waals surface area contributed by atoms with Crippen molar-refractivity contribution in [2.24, 2.45) is 0 Å². The molecule has 0 radical (unpaired) electrons. The summed E-state index contributed by atoms with van der Waals surface area (Å²) >= 11 is 6.08. The smallest absolute Gasteiger partial charge is 0.372 e. The Morgan fingerprint density at radius 1 is 1.35 bits per heavy atom. The van der Waals surface area contributed by atoms with Crippen LogP contribution in [-0.4, -0.2) is 16.1 Å². The van der Waals surface area contributed by atoms with Gasteiger partial charge in [-0.3, -0.25) is 4.98 Å². The summed E-state index contributed by atoms with van der Waals surface area (Å²) in [5, 5.41) is 11.0. The quantitative estimate of drug-likeness (QED) is 0.796. The van der Waals surface area contributed by atoms with E-state index in [4.69, 9.17) is 21.1 Å². The fourth-order valence-electron chi connectivity index (χ4n) is 2.12. The van der Waals surface area contributed by atoms with Crippen molar-refractivity contribution < 1.29 is 14.3 Å². The van der Waals surface area contributed by atoms with Crippen molar-refractivity contribution in [3.05, 3.63) is 64.8 Å². The lowest BCUT2D eigenvalue weighted by atomic mass is 10.1. The Balaban J connectivity index is 1.98. The molecule has 0 aliphatic carbocycles. The van der Waals surface area contributed by atoms with Gasteiger partial charge in [-0.05, 0) is 29.8 Å². The highest BCUT2D eigenvalue weighted by Gasteiger charge is 2.13. The SMILES string of the molecule is O=C(O)c1occ2cc(Cc3ncccc3Cl)ccc12. The lowest BCUT2D eigenvalue weighted by Crippen LogP contribution is -1.95. The van der Waals surface area contributed by atoms with E-state index >= 15 is 0 Å². The molecule has 0 aliphatic rings. The Morgan fingerprint density at radius 2 is 2.20 bits per heavy atom. The van der Waals surface area contributed by atoms with Gasteiger partial charge in [-0.1, -0.05) is 17.7 Å². The maximum atomic E-state index is 11.0. The third-order valence-corrected chi connectivity index (χ3v) is 3.41. The van der Waals surface area contributed by atoms with E-state index in [1.807, 2.05) is 12.1 Å². The largest absolute Gasteiger partial charge is 0.475 e. The predicted octanol–water partition coefficient (Wildman–Crippen LogP) is 3.77. The molecule has 0 spiro atoms. The van der Waals surface area contributed by atoms with Crippen LogP contribution in [0, 0.1) is 0 Å². The summed E-state index contributed by atoms with van der Waals surface area (Å²) in [4.78, 5) is 15.2. The third-order valence-electron chi connectivity index (χ3n) is 3.06. The number of halogens is 1. The van der Waals surface area contributed by atoms with Crippen LogP contribution in [-0.2, 0) is 6.42 Å². The monoisotopic (exact) mass is 287 g/mol. The lowest BCUT2D eigenvalue weighted by molar-refractivity contribution is 0.0665.